The molecular formula is C34H45N6O8P. The molecule has 1 spiro atoms. The van der Waals surface area contributed by atoms with Crippen LogP contribution in [0.5, 0.6) is 5.75 Å². The number of nitriles is 1. The highest BCUT2D eigenvalue weighted by molar-refractivity contribution is 7.52. The van der Waals surface area contributed by atoms with Crippen molar-refractivity contribution in [1.29, 1.82) is 5.26 Å². The van der Waals surface area contributed by atoms with E-state index in [2.05, 4.69) is 48.9 Å². The zero-order chi connectivity index (χ0) is 35.4. The Morgan fingerprint density at radius 1 is 1.16 bits per heavy atom. The first kappa shape index (κ1) is 35.3. The van der Waals surface area contributed by atoms with Gasteiger partial charge >= 0.3 is 13.7 Å². The van der Waals surface area contributed by atoms with Gasteiger partial charge in [0.2, 0.25) is 5.60 Å². The largest absolute Gasteiger partial charge is 0.465 e. The summed E-state index contributed by atoms with van der Waals surface area (Å²) in [7, 11) is -4.35. The maximum atomic E-state index is 14.7. The van der Waals surface area contributed by atoms with Gasteiger partial charge in [-0.2, -0.15) is 15.4 Å². The molecule has 14 nitrogen and oxygen atoms in total. The number of esters is 1. The Morgan fingerprint density at radius 2 is 1.90 bits per heavy atom. The van der Waals surface area contributed by atoms with Crippen LogP contribution in [-0.2, 0) is 43.8 Å². The molecule has 2 saturated heterocycles. The van der Waals surface area contributed by atoms with Gasteiger partial charge in [0.15, 0.2) is 17.2 Å². The van der Waals surface area contributed by atoms with Gasteiger partial charge in [-0.15, -0.1) is 0 Å². The van der Waals surface area contributed by atoms with Gasteiger partial charge in [0.05, 0.1) is 12.3 Å². The lowest BCUT2D eigenvalue weighted by Gasteiger charge is -2.31. The Labute approximate surface area is 286 Å². The zero-order valence-corrected chi connectivity index (χ0v) is 29.9. The number of nitrogens with two attached hydrogens (primary N) is 1. The summed E-state index contributed by atoms with van der Waals surface area (Å²) >= 11 is 0. The van der Waals surface area contributed by atoms with E-state index in [1.807, 2.05) is 12.1 Å². The minimum atomic E-state index is -4.35. The summed E-state index contributed by atoms with van der Waals surface area (Å²) in [6.45, 7) is 13.6. The van der Waals surface area contributed by atoms with Crippen molar-refractivity contribution in [3.8, 4) is 11.8 Å². The summed E-state index contributed by atoms with van der Waals surface area (Å²) in [4.78, 5) is 17.0. The minimum absolute atomic E-state index is 0.119. The van der Waals surface area contributed by atoms with E-state index < -0.39 is 55.1 Å². The number of rotatable bonds is 13. The third-order valence-electron chi connectivity index (χ3n) is 9.15. The standard InChI is InChI=1S/C34H45N6O8P/c1-8-9-10-11-18-43-29(41)21(2)39-49(42,46-23-14-12-22(13-15-23)31(3,4)5)47-27-26-34(27)30(45-32(6,7)48-34)33(19-35,44-26)25-17-16-24-28(36)37-20-38-40(24)25/h12-17,20-21,26-27,30H,8-11,18H2,1-7H3,(H,39,42)(H2,36,37,38)/t21-,26+,27?,30-,33-,34-,49?/m0/s1. The summed E-state index contributed by atoms with van der Waals surface area (Å²) < 4.78 is 53.2. The maximum Gasteiger partial charge on any atom is 0.459 e. The van der Waals surface area contributed by atoms with Crippen LogP contribution in [0.2, 0.25) is 0 Å². The number of carbonyl (C=O) groups excluding carboxylic acids is 1. The molecule has 3 N–H and O–H groups in total. The third kappa shape index (κ3) is 6.33. The first-order valence-corrected chi connectivity index (χ1v) is 18.2. The number of nitrogen functional groups attached to an aromatic ring is 1. The van der Waals surface area contributed by atoms with E-state index in [-0.39, 0.29) is 23.6 Å². The SMILES string of the molecule is CCCCCCOC(=O)[C@H](C)NP(=O)(Oc1ccc(C(C)(C)C)cc1)OC1[C@H]2O[C@@](C#N)(c3ccc4c(N)ncnn34)[C@@H]3OC(C)(C)O[C@]123. The monoisotopic (exact) mass is 696 g/mol. The van der Waals surface area contributed by atoms with Gasteiger partial charge < -0.3 is 29.2 Å². The Kier molecular flexibility index (Phi) is 9.10. The molecule has 2 aromatic heterocycles. The number of fused-ring (bicyclic) bond motifs is 1. The van der Waals surface area contributed by atoms with Crippen molar-refractivity contribution in [1.82, 2.24) is 19.7 Å². The molecule has 3 aliphatic rings. The van der Waals surface area contributed by atoms with Gasteiger partial charge in [-0.3, -0.25) is 9.32 Å². The predicted octanol–water partition coefficient (Wildman–Crippen LogP) is 5.30. The van der Waals surface area contributed by atoms with Crippen molar-refractivity contribution >= 4 is 25.1 Å². The number of aromatic nitrogens is 3. The molecule has 7 atom stereocenters. The molecule has 15 heteroatoms. The number of hydrogen-bond donors (Lipinski definition) is 2. The van der Waals surface area contributed by atoms with Crippen LogP contribution < -0.4 is 15.3 Å². The van der Waals surface area contributed by atoms with Crippen molar-refractivity contribution in [2.24, 2.45) is 0 Å². The molecule has 49 heavy (non-hydrogen) atoms. The quantitative estimate of drug-likeness (QED) is 0.134. The number of anilines is 1. The molecule has 0 radical (unpaired) electrons. The second-order valence-corrected chi connectivity index (χ2v) is 16.0. The third-order valence-corrected chi connectivity index (χ3v) is 10.8. The molecule has 1 aliphatic carbocycles. The van der Waals surface area contributed by atoms with Crippen molar-refractivity contribution in [3.05, 3.63) is 54.0 Å². The normalized spacial score (nSPS) is 28.7. The Morgan fingerprint density at radius 3 is 2.57 bits per heavy atom. The number of hydrogen-bond acceptors (Lipinski definition) is 12. The van der Waals surface area contributed by atoms with E-state index in [9.17, 15) is 14.6 Å². The smallest absolute Gasteiger partial charge is 0.459 e. The van der Waals surface area contributed by atoms with Gasteiger partial charge in [0.25, 0.3) is 0 Å². The van der Waals surface area contributed by atoms with Crippen LogP contribution in [0.1, 0.15) is 85.4 Å². The molecule has 4 heterocycles. The van der Waals surface area contributed by atoms with E-state index >= 15 is 0 Å². The number of nitrogens with zero attached hydrogens (tertiary/aromatic N) is 4. The fraction of sp³-hybridized carbons (Fsp3) is 0.588. The van der Waals surface area contributed by atoms with E-state index in [4.69, 9.17) is 33.7 Å². The second-order valence-electron chi connectivity index (χ2n) is 14.4. The molecule has 1 saturated carbocycles. The van der Waals surface area contributed by atoms with Crippen LogP contribution in [0.15, 0.2) is 42.7 Å². The molecule has 3 aromatic rings. The molecule has 0 amide bonds. The summed E-state index contributed by atoms with van der Waals surface area (Å²) in [6, 6.07) is 11.8. The fourth-order valence-electron chi connectivity index (χ4n) is 6.64. The van der Waals surface area contributed by atoms with Crippen LogP contribution in [0.4, 0.5) is 5.82 Å². The highest BCUT2D eigenvalue weighted by Crippen LogP contribution is 2.69. The van der Waals surface area contributed by atoms with E-state index in [0.717, 1.165) is 31.2 Å². The first-order chi connectivity index (χ1) is 23.1. The topological polar surface area (TPSA) is 182 Å². The highest BCUT2D eigenvalue weighted by atomic mass is 31.2. The van der Waals surface area contributed by atoms with Crippen molar-refractivity contribution in [2.45, 2.75) is 121 Å². The van der Waals surface area contributed by atoms with E-state index in [0.29, 0.717) is 11.2 Å². The van der Waals surface area contributed by atoms with Gasteiger partial charge in [0, 0.05) is 0 Å². The molecule has 264 valence electrons. The van der Waals surface area contributed by atoms with Crippen molar-refractivity contribution in [3.63, 3.8) is 0 Å². The number of carbonyl (C=O) groups is 1. The number of ether oxygens (including phenoxy) is 4. The van der Waals surface area contributed by atoms with Gasteiger partial charge in [-0.05, 0) is 62.4 Å². The average molecular weight is 697 g/mol. The average Bonchev–Trinajstić information content (AvgIpc) is 3.36. The maximum absolute atomic E-state index is 14.7. The molecular weight excluding hydrogens is 651 g/mol. The van der Waals surface area contributed by atoms with Crippen LogP contribution >= 0.6 is 7.75 Å². The molecule has 3 fully saturated rings. The number of benzene rings is 1. The molecule has 2 aliphatic heterocycles. The summed E-state index contributed by atoms with van der Waals surface area (Å²) in [6.07, 6.45) is 2.12. The second kappa shape index (κ2) is 12.6. The van der Waals surface area contributed by atoms with Crippen LogP contribution in [-0.4, -0.2) is 62.9 Å². The van der Waals surface area contributed by atoms with Gasteiger partial charge in [0.1, 0.15) is 48.0 Å². The van der Waals surface area contributed by atoms with E-state index in [1.165, 1.54) is 17.8 Å². The predicted molar refractivity (Wildman–Crippen MR) is 178 cm³/mol. The van der Waals surface area contributed by atoms with Gasteiger partial charge in [-0.1, -0.05) is 59.1 Å². The lowest BCUT2D eigenvalue weighted by atomic mass is 9.87. The minimum Gasteiger partial charge on any atom is -0.465 e. The number of nitrogens with one attached hydrogen (secondary N) is 1. The molecule has 6 rings (SSSR count). The highest BCUT2D eigenvalue weighted by Gasteiger charge is 2.89. The Hall–Kier alpha value is -3.57. The summed E-state index contributed by atoms with van der Waals surface area (Å²) in [5, 5.41) is 17.8. The lowest BCUT2D eigenvalue weighted by Crippen LogP contribution is -2.46. The van der Waals surface area contributed by atoms with Gasteiger partial charge in [-0.25, -0.2) is 14.1 Å². The number of unbranched alkanes of at least 4 members (excludes halogenated alkanes) is 3. The first-order valence-electron chi connectivity index (χ1n) is 16.7. The van der Waals surface area contributed by atoms with Crippen LogP contribution in [0.3, 0.4) is 0 Å². The van der Waals surface area contributed by atoms with Crippen molar-refractivity contribution < 1.29 is 37.4 Å². The van der Waals surface area contributed by atoms with Crippen LogP contribution in [0.25, 0.3) is 5.52 Å². The zero-order valence-electron chi connectivity index (χ0n) is 29.0. The Bertz CT molecular complexity index is 1800. The van der Waals surface area contributed by atoms with Crippen LogP contribution in [0, 0.1) is 11.3 Å². The summed E-state index contributed by atoms with van der Waals surface area (Å²) in [5.41, 5.74) is 4.81. The molecule has 1 aromatic carbocycles. The molecule has 0 bridgehead atoms. The van der Waals surface area contributed by atoms with Crippen molar-refractivity contribution in [2.75, 3.05) is 12.3 Å². The lowest BCUT2D eigenvalue weighted by molar-refractivity contribution is -0.188. The fourth-order valence-corrected chi connectivity index (χ4v) is 8.35. The Balaban J connectivity index is 1.29. The van der Waals surface area contributed by atoms with E-state index in [1.54, 1.807) is 38.1 Å². The summed E-state index contributed by atoms with van der Waals surface area (Å²) in [5.74, 6) is -1.27. The molecule has 2 unspecified atom stereocenters.